The van der Waals surface area contributed by atoms with E-state index in [0.29, 0.717) is 17.3 Å². The molecule has 17 nitrogen and oxygen atoms in total. The monoisotopic (exact) mass is 868 g/mol. The number of nitrogens with one attached hydrogen (secondary N) is 2. The summed E-state index contributed by atoms with van der Waals surface area (Å²) in [5.41, 5.74) is 2.38. The molecule has 0 saturated carbocycles. The molecule has 0 aliphatic carbocycles. The van der Waals surface area contributed by atoms with Crippen LogP contribution < -0.4 is 16.5 Å². The Labute approximate surface area is 356 Å². The van der Waals surface area contributed by atoms with E-state index in [-0.39, 0.29) is 53.3 Å². The van der Waals surface area contributed by atoms with E-state index in [1.54, 1.807) is 5.38 Å². The predicted molar refractivity (Wildman–Crippen MR) is 225 cm³/mol. The minimum absolute atomic E-state index is 0.0176. The third-order valence-corrected chi connectivity index (χ3v) is 13.1. The number of oxime groups is 1. The molecule has 3 aliphatic rings. The first-order chi connectivity index (χ1) is 29.3. The number of tetrazole rings is 1. The van der Waals surface area contributed by atoms with Crippen molar-refractivity contribution in [2.24, 2.45) is 5.16 Å². The number of carbonyl (C=O) groups is 3. The van der Waals surface area contributed by atoms with Crippen LogP contribution in [0.15, 0.2) is 118 Å². The van der Waals surface area contributed by atoms with Gasteiger partial charge in [0.05, 0.1) is 6.61 Å². The number of carbonyl (C=O) groups excluding carboxylic acids is 2. The van der Waals surface area contributed by atoms with Gasteiger partial charge in [-0.1, -0.05) is 113 Å². The molecule has 3 aliphatic heterocycles. The predicted octanol–water partition coefficient (Wildman–Crippen LogP) is 4.04. The number of β-lactam (4-membered cyclic amide) rings is 1. The number of aromatic nitrogens is 5. The van der Waals surface area contributed by atoms with Crippen molar-refractivity contribution in [2.45, 2.75) is 47.7 Å². The van der Waals surface area contributed by atoms with Gasteiger partial charge >= 0.3 is 5.97 Å². The Kier molecular flexibility index (Phi) is 12.7. The lowest BCUT2D eigenvalue weighted by Gasteiger charge is -2.49. The number of thiazole rings is 1. The quantitative estimate of drug-likeness (QED) is 0.0197. The number of hydrogen-bond donors (Lipinski definition) is 4. The summed E-state index contributed by atoms with van der Waals surface area (Å²) in [5, 5.41) is 33.7. The molecule has 20 heteroatoms. The van der Waals surface area contributed by atoms with Gasteiger partial charge in [-0.2, -0.15) is 0 Å². The van der Waals surface area contributed by atoms with Crippen molar-refractivity contribution in [1.82, 2.24) is 35.5 Å². The molecule has 2 aromatic heterocycles. The molecule has 2 amide bonds. The maximum Gasteiger partial charge on any atom is 0.352 e. The number of carboxylic acids is 1. The molecule has 0 spiro atoms. The molecule has 5 heterocycles. The third kappa shape index (κ3) is 8.59. The second kappa shape index (κ2) is 18.6. The van der Waals surface area contributed by atoms with Crippen LogP contribution in [-0.2, 0) is 34.2 Å². The standard InChI is InChI=1S/C40H40N10O7S3/c41-50-39(45-47-48-50)60-23-25-22-58-36-32(35(52)49(36)33(25)37(53)54)43-34(51)31(46-57-21-20-56-30-18-10-11-19-55-30)29-24-59-38(42-29)44-40(26-12-4-1-5-13-26,27-14-6-2-7-15-27)28-16-8-3-9-17-28/h1-9,12-17,24,30,32,36H,10-11,18-23,41H2,(H,42,44)(H,43,51)(H,53,54)/t30?,32-,36+/m1/s1. The van der Waals surface area contributed by atoms with Crippen molar-refractivity contribution < 1.29 is 33.8 Å². The van der Waals surface area contributed by atoms with Crippen molar-refractivity contribution in [3.63, 3.8) is 0 Å². The van der Waals surface area contributed by atoms with Crippen LogP contribution in [0, 0.1) is 0 Å². The lowest BCUT2D eigenvalue weighted by molar-refractivity contribution is -0.169. The normalized spacial score (nSPS) is 19.3. The molecular weight excluding hydrogens is 829 g/mol. The zero-order valence-electron chi connectivity index (χ0n) is 32.0. The minimum atomic E-state index is -1.27. The van der Waals surface area contributed by atoms with Crippen LogP contribution in [-0.4, -0.2) is 108 Å². The van der Waals surface area contributed by atoms with Crippen LogP contribution in [0.4, 0.5) is 5.13 Å². The molecule has 310 valence electrons. The highest BCUT2D eigenvalue weighted by Gasteiger charge is 2.54. The maximum absolute atomic E-state index is 14.2. The van der Waals surface area contributed by atoms with Gasteiger partial charge in [0, 0.05) is 23.5 Å². The molecule has 2 saturated heterocycles. The minimum Gasteiger partial charge on any atom is -0.477 e. The fourth-order valence-corrected chi connectivity index (χ4v) is 10.2. The highest BCUT2D eigenvalue weighted by molar-refractivity contribution is 8.01. The number of benzene rings is 3. The molecule has 0 bridgehead atoms. The average molecular weight is 869 g/mol. The van der Waals surface area contributed by atoms with Gasteiger partial charge < -0.3 is 35.9 Å². The molecule has 3 aromatic carbocycles. The van der Waals surface area contributed by atoms with Crippen LogP contribution in [0.5, 0.6) is 0 Å². The van der Waals surface area contributed by atoms with Crippen LogP contribution in [0.1, 0.15) is 41.6 Å². The Hall–Kier alpha value is -5.80. The Morgan fingerprint density at radius 1 is 1.00 bits per heavy atom. The van der Waals surface area contributed by atoms with E-state index in [1.165, 1.54) is 28.0 Å². The fraction of sp³-hybridized carbons (Fsp3) is 0.300. The largest absolute Gasteiger partial charge is 0.477 e. The molecule has 5 aromatic rings. The average Bonchev–Trinajstić information content (AvgIpc) is 3.93. The second-order valence-corrected chi connectivity index (χ2v) is 16.7. The van der Waals surface area contributed by atoms with Gasteiger partial charge in [0.15, 0.2) is 17.1 Å². The van der Waals surface area contributed by atoms with Gasteiger partial charge in [-0.05, 0) is 52.0 Å². The number of nitrogens with two attached hydrogens (primary N) is 1. The van der Waals surface area contributed by atoms with Crippen LogP contribution in [0.25, 0.3) is 0 Å². The Morgan fingerprint density at radius 3 is 2.28 bits per heavy atom. The van der Waals surface area contributed by atoms with E-state index in [2.05, 4.69) is 67.7 Å². The topological polar surface area (TPSA) is 221 Å². The highest BCUT2D eigenvalue weighted by atomic mass is 32.2. The van der Waals surface area contributed by atoms with Crippen LogP contribution in [0.2, 0.25) is 0 Å². The summed E-state index contributed by atoms with van der Waals surface area (Å²) in [6, 6.07) is 29.0. The van der Waals surface area contributed by atoms with Crippen LogP contribution >= 0.6 is 34.9 Å². The van der Waals surface area contributed by atoms with Crippen molar-refractivity contribution >= 4 is 63.5 Å². The number of carboxylic acid groups (broad SMARTS) is 1. The Bertz CT molecular complexity index is 2260. The zero-order chi connectivity index (χ0) is 41.5. The first-order valence-corrected chi connectivity index (χ1v) is 22.0. The third-order valence-electron chi connectivity index (χ3n) is 10.0. The number of nitrogens with zero attached hydrogens (tertiary/aromatic N) is 7. The van der Waals surface area contributed by atoms with Gasteiger partial charge in [-0.15, -0.1) is 27.9 Å². The first-order valence-electron chi connectivity index (χ1n) is 19.0. The number of rotatable bonds is 17. The van der Waals surface area contributed by atoms with E-state index in [0.717, 1.165) is 52.5 Å². The van der Waals surface area contributed by atoms with Gasteiger partial charge in [0.2, 0.25) is 5.16 Å². The Morgan fingerprint density at radius 2 is 1.68 bits per heavy atom. The summed E-state index contributed by atoms with van der Waals surface area (Å²) in [6.07, 6.45) is 2.44. The van der Waals surface area contributed by atoms with E-state index in [1.807, 2.05) is 54.6 Å². The number of hydrogen-bond acceptors (Lipinski definition) is 16. The number of ether oxygens (including phenoxy) is 2. The van der Waals surface area contributed by atoms with Crippen molar-refractivity contribution in [2.75, 3.05) is 42.5 Å². The number of aliphatic carboxylic acids is 1. The number of amides is 2. The fourth-order valence-electron chi connectivity index (χ4n) is 7.19. The summed E-state index contributed by atoms with van der Waals surface area (Å²) >= 11 is 3.76. The lowest BCUT2D eigenvalue weighted by atomic mass is 9.77. The molecule has 0 radical (unpaired) electrons. The molecule has 5 N–H and O–H groups in total. The number of fused-ring (bicyclic) bond motifs is 1. The lowest BCUT2D eigenvalue weighted by Crippen LogP contribution is -2.71. The van der Waals surface area contributed by atoms with Gasteiger partial charge in [0.25, 0.3) is 11.8 Å². The van der Waals surface area contributed by atoms with Crippen molar-refractivity contribution in [3.8, 4) is 0 Å². The SMILES string of the molecule is Nn1nnnc1SCC1=C(C(=O)O)N2C(=O)[C@@H](NC(=O)C(=NOCCOC3CCCCO3)c3csc(NC(c4ccccc4)(c4ccccc4)c4ccccc4)n3)[C@@H]2SC1. The molecule has 1 unspecified atom stereocenters. The molecule has 2 fully saturated rings. The number of anilines is 1. The maximum atomic E-state index is 14.2. The van der Waals surface area contributed by atoms with Crippen molar-refractivity contribution in [3.05, 3.63) is 130 Å². The zero-order valence-corrected chi connectivity index (χ0v) is 34.4. The van der Waals surface area contributed by atoms with E-state index < -0.39 is 34.7 Å². The van der Waals surface area contributed by atoms with Gasteiger partial charge in [0.1, 0.15) is 35.0 Å². The summed E-state index contributed by atoms with van der Waals surface area (Å²) in [4.78, 5) is 53.1. The highest BCUT2D eigenvalue weighted by Crippen LogP contribution is 2.43. The summed E-state index contributed by atoms with van der Waals surface area (Å²) in [7, 11) is 0. The molecule has 8 rings (SSSR count). The Balaban J connectivity index is 1.05. The van der Waals surface area contributed by atoms with Crippen molar-refractivity contribution in [1.29, 1.82) is 0 Å². The number of nitrogen functional groups attached to an aromatic ring is 1. The molecular formula is C40H40N10O7S3. The second-order valence-electron chi connectivity index (χ2n) is 13.8. The van der Waals surface area contributed by atoms with E-state index in [4.69, 9.17) is 25.1 Å². The van der Waals surface area contributed by atoms with Gasteiger partial charge in [-0.3, -0.25) is 14.5 Å². The summed E-state index contributed by atoms with van der Waals surface area (Å²) in [6.45, 7) is 0.815. The van der Waals surface area contributed by atoms with Gasteiger partial charge in [-0.25, -0.2) is 9.78 Å². The van der Waals surface area contributed by atoms with E-state index in [9.17, 15) is 19.5 Å². The molecule has 60 heavy (non-hydrogen) atoms. The summed E-state index contributed by atoms with van der Waals surface area (Å²) < 4.78 is 11.4. The molecule has 3 atom stereocenters. The van der Waals surface area contributed by atoms with E-state index >= 15 is 0 Å². The summed E-state index contributed by atoms with van der Waals surface area (Å²) in [5.74, 6) is 3.62. The smallest absolute Gasteiger partial charge is 0.352 e. The number of thioether (sulfide) groups is 2. The first kappa shape index (κ1) is 41.0. The van der Waals surface area contributed by atoms with Crippen LogP contribution in [0.3, 0.4) is 0 Å².